The molecule has 5 heteroatoms. The number of benzene rings is 1. The SMILES string of the molecule is Cc1cc2c(-c3ccccc3F)[nH]c(=O)nc2s1. The van der Waals surface area contributed by atoms with Gasteiger partial charge in [-0.1, -0.05) is 12.1 Å². The molecule has 0 spiro atoms. The number of thiophene rings is 1. The first-order valence-electron chi connectivity index (χ1n) is 5.40. The van der Waals surface area contributed by atoms with Crippen molar-refractivity contribution in [2.45, 2.75) is 6.92 Å². The van der Waals surface area contributed by atoms with Crippen LogP contribution in [0.3, 0.4) is 0 Å². The minimum absolute atomic E-state index is 0.357. The van der Waals surface area contributed by atoms with Crippen LogP contribution in [-0.2, 0) is 0 Å². The standard InChI is InChI=1S/C13H9FN2OS/c1-7-6-9-11(8-4-2-3-5-10(8)14)15-13(17)16-12(9)18-7/h2-6H,1H3,(H,15,16,17). The summed E-state index contributed by atoms with van der Waals surface area (Å²) in [5, 5.41) is 0.780. The minimum Gasteiger partial charge on any atom is -0.305 e. The molecule has 2 heterocycles. The van der Waals surface area contributed by atoms with Gasteiger partial charge in [0.25, 0.3) is 0 Å². The summed E-state index contributed by atoms with van der Waals surface area (Å²) in [7, 11) is 0. The maximum Gasteiger partial charge on any atom is 0.346 e. The topological polar surface area (TPSA) is 45.8 Å². The number of fused-ring (bicyclic) bond motifs is 1. The predicted octanol–water partition coefficient (Wildman–Crippen LogP) is 3.10. The number of rotatable bonds is 1. The van der Waals surface area contributed by atoms with Crippen LogP contribution in [0.5, 0.6) is 0 Å². The number of nitrogens with zero attached hydrogens (tertiary/aromatic N) is 1. The quantitative estimate of drug-likeness (QED) is 0.730. The molecule has 0 radical (unpaired) electrons. The molecule has 3 rings (SSSR count). The number of aromatic nitrogens is 2. The third-order valence-electron chi connectivity index (χ3n) is 2.68. The summed E-state index contributed by atoms with van der Waals surface area (Å²) >= 11 is 1.43. The van der Waals surface area contributed by atoms with E-state index in [1.165, 1.54) is 17.4 Å². The lowest BCUT2D eigenvalue weighted by Crippen LogP contribution is -2.10. The molecular weight excluding hydrogens is 251 g/mol. The van der Waals surface area contributed by atoms with Crippen LogP contribution in [0, 0.1) is 12.7 Å². The van der Waals surface area contributed by atoms with Crippen molar-refractivity contribution in [1.82, 2.24) is 9.97 Å². The van der Waals surface area contributed by atoms with Crippen molar-refractivity contribution in [3.8, 4) is 11.3 Å². The van der Waals surface area contributed by atoms with E-state index in [4.69, 9.17) is 0 Å². The Bertz CT molecular complexity index is 791. The van der Waals surface area contributed by atoms with Crippen molar-refractivity contribution in [2.75, 3.05) is 0 Å². The monoisotopic (exact) mass is 260 g/mol. The molecule has 0 aliphatic rings. The molecule has 0 aliphatic carbocycles. The second kappa shape index (κ2) is 4.03. The maximum atomic E-state index is 13.8. The van der Waals surface area contributed by atoms with E-state index in [0.717, 1.165) is 10.3 Å². The van der Waals surface area contributed by atoms with Gasteiger partial charge in [-0.15, -0.1) is 11.3 Å². The lowest BCUT2D eigenvalue weighted by Gasteiger charge is -2.03. The van der Waals surface area contributed by atoms with Gasteiger partial charge in [-0.2, -0.15) is 4.98 Å². The number of aryl methyl sites for hydroxylation is 1. The molecule has 1 aromatic carbocycles. The van der Waals surface area contributed by atoms with E-state index in [-0.39, 0.29) is 5.82 Å². The molecule has 0 bridgehead atoms. The lowest BCUT2D eigenvalue weighted by atomic mass is 10.1. The van der Waals surface area contributed by atoms with Crippen LogP contribution in [0.4, 0.5) is 4.39 Å². The van der Waals surface area contributed by atoms with Crippen LogP contribution in [-0.4, -0.2) is 9.97 Å². The first-order chi connectivity index (χ1) is 8.65. The van der Waals surface area contributed by atoms with Crippen LogP contribution >= 0.6 is 11.3 Å². The van der Waals surface area contributed by atoms with Gasteiger partial charge in [0.2, 0.25) is 0 Å². The van der Waals surface area contributed by atoms with Gasteiger partial charge in [-0.05, 0) is 25.1 Å². The predicted molar refractivity (Wildman–Crippen MR) is 70.4 cm³/mol. The Balaban J connectivity index is 2.42. The van der Waals surface area contributed by atoms with Crippen molar-refractivity contribution in [2.24, 2.45) is 0 Å². The Labute approximate surface area is 106 Å². The molecule has 3 aromatic rings. The molecule has 18 heavy (non-hydrogen) atoms. The van der Waals surface area contributed by atoms with E-state index in [1.807, 2.05) is 13.0 Å². The zero-order chi connectivity index (χ0) is 12.7. The summed E-state index contributed by atoms with van der Waals surface area (Å²) in [6.07, 6.45) is 0. The van der Waals surface area contributed by atoms with Gasteiger partial charge in [0.15, 0.2) is 0 Å². The zero-order valence-electron chi connectivity index (χ0n) is 9.53. The highest BCUT2D eigenvalue weighted by Crippen LogP contribution is 2.30. The van der Waals surface area contributed by atoms with Crippen LogP contribution in [0.15, 0.2) is 35.1 Å². The maximum absolute atomic E-state index is 13.8. The molecule has 0 saturated heterocycles. The number of halogens is 1. The first-order valence-corrected chi connectivity index (χ1v) is 6.22. The van der Waals surface area contributed by atoms with Crippen molar-refractivity contribution in [3.05, 3.63) is 51.5 Å². The summed E-state index contributed by atoms with van der Waals surface area (Å²) < 4.78 is 13.8. The fourth-order valence-corrected chi connectivity index (χ4v) is 2.82. The fourth-order valence-electron chi connectivity index (χ4n) is 1.93. The normalized spacial score (nSPS) is 11.0. The van der Waals surface area contributed by atoms with Gasteiger partial charge in [0.05, 0.1) is 5.69 Å². The molecule has 90 valence electrons. The summed E-state index contributed by atoms with van der Waals surface area (Å²) in [6, 6.07) is 8.29. The average Bonchev–Trinajstić information content (AvgIpc) is 2.69. The molecule has 0 atom stereocenters. The highest BCUT2D eigenvalue weighted by atomic mass is 32.1. The van der Waals surface area contributed by atoms with Crippen LogP contribution < -0.4 is 5.69 Å². The summed E-state index contributed by atoms with van der Waals surface area (Å²) in [5.41, 5.74) is 0.426. The average molecular weight is 260 g/mol. The van der Waals surface area contributed by atoms with Crippen LogP contribution in [0.1, 0.15) is 4.88 Å². The van der Waals surface area contributed by atoms with Gasteiger partial charge in [-0.25, -0.2) is 9.18 Å². The summed E-state index contributed by atoms with van der Waals surface area (Å²) in [6.45, 7) is 1.93. The van der Waals surface area contributed by atoms with Gasteiger partial charge < -0.3 is 4.98 Å². The number of aromatic amines is 1. The minimum atomic E-state index is -0.456. The zero-order valence-corrected chi connectivity index (χ0v) is 10.3. The number of nitrogens with one attached hydrogen (secondary N) is 1. The van der Waals surface area contributed by atoms with E-state index in [2.05, 4.69) is 9.97 Å². The van der Waals surface area contributed by atoms with Gasteiger partial charge in [0.1, 0.15) is 10.6 Å². The molecule has 3 nitrogen and oxygen atoms in total. The van der Waals surface area contributed by atoms with Gasteiger partial charge in [-0.3, -0.25) is 0 Å². The van der Waals surface area contributed by atoms with Crippen molar-refractivity contribution in [1.29, 1.82) is 0 Å². The van der Waals surface area contributed by atoms with E-state index in [9.17, 15) is 9.18 Å². The molecule has 2 aromatic heterocycles. The van der Waals surface area contributed by atoms with E-state index in [0.29, 0.717) is 16.1 Å². The van der Waals surface area contributed by atoms with Crippen molar-refractivity contribution < 1.29 is 4.39 Å². The third kappa shape index (κ3) is 1.73. The van der Waals surface area contributed by atoms with E-state index < -0.39 is 5.69 Å². The number of hydrogen-bond acceptors (Lipinski definition) is 3. The van der Waals surface area contributed by atoms with E-state index >= 15 is 0 Å². The van der Waals surface area contributed by atoms with Crippen LogP contribution in [0.25, 0.3) is 21.5 Å². The molecule has 0 unspecified atom stereocenters. The highest BCUT2D eigenvalue weighted by molar-refractivity contribution is 7.18. The van der Waals surface area contributed by atoms with Crippen molar-refractivity contribution >= 4 is 21.6 Å². The molecule has 1 N–H and O–H groups in total. The lowest BCUT2D eigenvalue weighted by molar-refractivity contribution is 0.631. The highest BCUT2D eigenvalue weighted by Gasteiger charge is 2.12. The molecular formula is C13H9FN2OS. The Morgan fingerprint density at radius 1 is 1.33 bits per heavy atom. The molecule has 0 amide bonds. The second-order valence-electron chi connectivity index (χ2n) is 3.97. The molecule has 0 aliphatic heterocycles. The Kier molecular flexibility index (Phi) is 2.48. The van der Waals surface area contributed by atoms with Gasteiger partial charge in [0, 0.05) is 15.8 Å². The third-order valence-corrected chi connectivity index (χ3v) is 3.63. The smallest absolute Gasteiger partial charge is 0.305 e. The first kappa shape index (κ1) is 11.1. The fraction of sp³-hybridized carbons (Fsp3) is 0.0769. The number of H-pyrrole nitrogens is 1. The number of hydrogen-bond donors (Lipinski definition) is 1. The Morgan fingerprint density at radius 2 is 2.11 bits per heavy atom. The molecule has 0 saturated carbocycles. The van der Waals surface area contributed by atoms with Crippen LogP contribution in [0.2, 0.25) is 0 Å². The van der Waals surface area contributed by atoms with E-state index in [1.54, 1.807) is 18.2 Å². The Morgan fingerprint density at radius 3 is 2.89 bits per heavy atom. The summed E-state index contributed by atoms with van der Waals surface area (Å²) in [4.78, 5) is 19.7. The molecule has 0 fully saturated rings. The summed E-state index contributed by atoms with van der Waals surface area (Å²) in [5.74, 6) is -0.357. The van der Waals surface area contributed by atoms with Gasteiger partial charge >= 0.3 is 5.69 Å². The van der Waals surface area contributed by atoms with Crippen molar-refractivity contribution in [3.63, 3.8) is 0 Å². The Hall–Kier alpha value is -2.01. The second-order valence-corrected chi connectivity index (χ2v) is 5.21. The largest absolute Gasteiger partial charge is 0.346 e.